The van der Waals surface area contributed by atoms with Crippen LogP contribution in [0.2, 0.25) is 0 Å². The van der Waals surface area contributed by atoms with Crippen LogP contribution >= 0.6 is 15.9 Å². The lowest BCUT2D eigenvalue weighted by molar-refractivity contribution is 0.605. The lowest BCUT2D eigenvalue weighted by atomic mass is 10.2. The minimum Gasteiger partial charge on any atom is -0.399 e. The van der Waals surface area contributed by atoms with E-state index in [1.165, 1.54) is 5.41 Å². The number of halogens is 1. The Hall–Kier alpha value is -1.01. The van der Waals surface area contributed by atoms with E-state index in [-0.39, 0.29) is 11.8 Å². The molecule has 0 aromatic heterocycles. The molecule has 1 atom stereocenters. The molecule has 0 fully saturated rings. The topological polar surface area (TPSA) is 72.2 Å². The molecule has 3 N–H and O–H groups in total. The van der Waals surface area contributed by atoms with Crippen molar-refractivity contribution in [3.63, 3.8) is 0 Å². The molecular weight excluding hydrogens is 292 g/mol. The smallest absolute Gasteiger partial charge is 0.173 e. The Morgan fingerprint density at radius 3 is 2.75 bits per heavy atom. The molecule has 0 radical (unpaired) electrons. The van der Waals surface area contributed by atoms with E-state index in [1.807, 2.05) is 6.07 Å². The van der Waals surface area contributed by atoms with Gasteiger partial charge in [0.2, 0.25) is 0 Å². The molecule has 1 aliphatic heterocycles. The summed E-state index contributed by atoms with van der Waals surface area (Å²) in [5.74, 6) is 0.101. The van der Waals surface area contributed by atoms with Gasteiger partial charge in [0, 0.05) is 21.3 Å². The first-order chi connectivity index (χ1) is 7.46. The van der Waals surface area contributed by atoms with E-state index in [4.69, 9.17) is 5.73 Å². The van der Waals surface area contributed by atoms with Gasteiger partial charge in [0.25, 0.3) is 0 Å². The van der Waals surface area contributed by atoms with E-state index in [0.29, 0.717) is 5.69 Å². The fourth-order valence-electron chi connectivity index (χ4n) is 1.51. The van der Waals surface area contributed by atoms with Crippen molar-refractivity contribution >= 4 is 37.1 Å². The van der Waals surface area contributed by atoms with Crippen molar-refractivity contribution in [3.8, 4) is 0 Å². The largest absolute Gasteiger partial charge is 0.399 e. The molecule has 0 bridgehead atoms. The highest BCUT2D eigenvalue weighted by molar-refractivity contribution is 9.10. The SMILES string of the molecule is Nc1ccc(NC2C=CS(=O)(=O)C2)c(Br)c1. The van der Waals surface area contributed by atoms with Crippen molar-refractivity contribution in [3.05, 3.63) is 34.2 Å². The Morgan fingerprint density at radius 1 is 1.44 bits per heavy atom. The first-order valence-electron chi connectivity index (χ1n) is 4.69. The van der Waals surface area contributed by atoms with Crippen LogP contribution in [0.1, 0.15) is 0 Å². The van der Waals surface area contributed by atoms with Crippen LogP contribution in [0, 0.1) is 0 Å². The maximum absolute atomic E-state index is 11.2. The minimum atomic E-state index is -3.02. The Morgan fingerprint density at radius 2 is 2.19 bits per heavy atom. The number of nitrogen functional groups attached to an aromatic ring is 1. The predicted molar refractivity (Wildman–Crippen MR) is 68.9 cm³/mol. The number of anilines is 2. The van der Waals surface area contributed by atoms with Crippen LogP contribution < -0.4 is 11.1 Å². The summed E-state index contributed by atoms with van der Waals surface area (Å²) in [4.78, 5) is 0. The number of hydrogen-bond acceptors (Lipinski definition) is 4. The van der Waals surface area contributed by atoms with Gasteiger partial charge >= 0.3 is 0 Å². The molecule has 4 nitrogen and oxygen atoms in total. The fraction of sp³-hybridized carbons (Fsp3) is 0.200. The van der Waals surface area contributed by atoms with Gasteiger partial charge in [-0.3, -0.25) is 0 Å². The number of nitrogens with two attached hydrogens (primary N) is 1. The van der Waals surface area contributed by atoms with Gasteiger partial charge in [-0.2, -0.15) is 0 Å². The van der Waals surface area contributed by atoms with Gasteiger partial charge in [-0.05, 0) is 34.1 Å². The number of rotatable bonds is 2. The number of benzene rings is 1. The second-order valence-corrected chi connectivity index (χ2v) is 6.43. The van der Waals surface area contributed by atoms with Gasteiger partial charge < -0.3 is 11.1 Å². The van der Waals surface area contributed by atoms with Crippen LogP contribution in [0.3, 0.4) is 0 Å². The summed E-state index contributed by atoms with van der Waals surface area (Å²) >= 11 is 3.37. The zero-order chi connectivity index (χ0) is 11.8. The van der Waals surface area contributed by atoms with E-state index in [2.05, 4.69) is 21.2 Å². The van der Waals surface area contributed by atoms with E-state index in [1.54, 1.807) is 18.2 Å². The zero-order valence-corrected chi connectivity index (χ0v) is 10.8. The maximum atomic E-state index is 11.2. The van der Waals surface area contributed by atoms with Crippen molar-refractivity contribution in [1.29, 1.82) is 0 Å². The summed E-state index contributed by atoms with van der Waals surface area (Å²) in [7, 11) is -3.02. The standard InChI is InChI=1S/C10H11BrN2O2S/c11-9-5-7(12)1-2-10(9)13-8-3-4-16(14,15)6-8/h1-5,8,13H,6,12H2. The molecule has 1 heterocycles. The third kappa shape index (κ3) is 2.56. The number of hydrogen-bond donors (Lipinski definition) is 2. The highest BCUT2D eigenvalue weighted by Crippen LogP contribution is 2.26. The lowest BCUT2D eigenvalue weighted by Crippen LogP contribution is -2.21. The molecule has 2 rings (SSSR count). The molecule has 0 saturated heterocycles. The van der Waals surface area contributed by atoms with Crippen LogP contribution in [-0.4, -0.2) is 20.2 Å². The summed E-state index contributed by atoms with van der Waals surface area (Å²) < 4.78 is 23.2. The Bertz CT molecular complexity index is 540. The molecule has 0 aliphatic carbocycles. The van der Waals surface area contributed by atoms with Gasteiger partial charge in [0.05, 0.1) is 11.8 Å². The van der Waals surface area contributed by atoms with E-state index in [0.717, 1.165) is 10.2 Å². The highest BCUT2D eigenvalue weighted by atomic mass is 79.9. The van der Waals surface area contributed by atoms with Crippen molar-refractivity contribution in [2.75, 3.05) is 16.8 Å². The Kier molecular flexibility index (Phi) is 2.94. The van der Waals surface area contributed by atoms with Crippen molar-refractivity contribution < 1.29 is 8.42 Å². The van der Waals surface area contributed by atoms with Crippen LogP contribution in [0.4, 0.5) is 11.4 Å². The second kappa shape index (κ2) is 4.10. The second-order valence-electron chi connectivity index (χ2n) is 3.65. The minimum absolute atomic E-state index is 0.101. The quantitative estimate of drug-likeness (QED) is 0.817. The summed E-state index contributed by atoms with van der Waals surface area (Å²) in [6.45, 7) is 0. The van der Waals surface area contributed by atoms with Crippen molar-refractivity contribution in [2.24, 2.45) is 0 Å². The molecule has 6 heteroatoms. The summed E-state index contributed by atoms with van der Waals surface area (Å²) in [5, 5.41) is 4.37. The Labute approximate surface area is 103 Å². The highest BCUT2D eigenvalue weighted by Gasteiger charge is 2.21. The molecule has 0 spiro atoms. The molecular formula is C10H11BrN2O2S. The summed E-state index contributed by atoms with van der Waals surface area (Å²) in [5.41, 5.74) is 7.10. The van der Waals surface area contributed by atoms with Gasteiger partial charge in [-0.1, -0.05) is 6.08 Å². The molecule has 1 aromatic carbocycles. The van der Waals surface area contributed by atoms with Crippen LogP contribution in [0.15, 0.2) is 34.2 Å². The lowest BCUT2D eigenvalue weighted by Gasteiger charge is -2.13. The predicted octanol–water partition coefficient (Wildman–Crippen LogP) is 1.75. The van der Waals surface area contributed by atoms with Gasteiger partial charge in [-0.15, -0.1) is 0 Å². The Balaban J connectivity index is 2.14. The number of nitrogens with one attached hydrogen (secondary N) is 1. The van der Waals surface area contributed by atoms with Crippen molar-refractivity contribution in [1.82, 2.24) is 0 Å². The van der Waals surface area contributed by atoms with Crippen LogP contribution in [-0.2, 0) is 9.84 Å². The molecule has 1 unspecified atom stereocenters. The first kappa shape index (κ1) is 11.5. The average molecular weight is 303 g/mol. The first-order valence-corrected chi connectivity index (χ1v) is 7.20. The number of sulfone groups is 1. The van der Waals surface area contributed by atoms with Crippen LogP contribution in [0.25, 0.3) is 0 Å². The van der Waals surface area contributed by atoms with Crippen molar-refractivity contribution in [2.45, 2.75) is 6.04 Å². The van der Waals surface area contributed by atoms with E-state index >= 15 is 0 Å². The summed E-state index contributed by atoms with van der Waals surface area (Å²) in [6.07, 6.45) is 1.65. The third-order valence-electron chi connectivity index (χ3n) is 2.26. The van der Waals surface area contributed by atoms with Gasteiger partial charge in [0.1, 0.15) is 0 Å². The molecule has 86 valence electrons. The van der Waals surface area contributed by atoms with Gasteiger partial charge in [-0.25, -0.2) is 8.42 Å². The van der Waals surface area contributed by atoms with Gasteiger partial charge in [0.15, 0.2) is 9.84 Å². The third-order valence-corrected chi connectivity index (χ3v) is 4.32. The monoisotopic (exact) mass is 302 g/mol. The summed E-state index contributed by atoms with van der Waals surface area (Å²) in [6, 6.07) is 5.18. The molecule has 1 aliphatic rings. The molecule has 16 heavy (non-hydrogen) atoms. The van der Waals surface area contributed by atoms with E-state index in [9.17, 15) is 8.42 Å². The fourth-order valence-corrected chi connectivity index (χ4v) is 3.26. The van der Waals surface area contributed by atoms with Crippen LogP contribution in [0.5, 0.6) is 0 Å². The molecule has 1 aromatic rings. The van der Waals surface area contributed by atoms with E-state index < -0.39 is 9.84 Å². The average Bonchev–Trinajstić information content (AvgIpc) is 2.51. The molecule has 0 amide bonds. The zero-order valence-electron chi connectivity index (χ0n) is 8.35. The normalized spacial score (nSPS) is 22.2. The molecule has 0 saturated carbocycles. The maximum Gasteiger partial charge on any atom is 0.173 e.